The van der Waals surface area contributed by atoms with Gasteiger partial charge in [0.1, 0.15) is 23.3 Å². The molecule has 1 atom stereocenters. The Morgan fingerprint density at radius 2 is 0.848 bits per heavy atom. The van der Waals surface area contributed by atoms with Gasteiger partial charge >= 0.3 is 0 Å². The minimum absolute atomic E-state index is 0.397. The summed E-state index contributed by atoms with van der Waals surface area (Å²) in [6, 6.07) is 58.0. The van der Waals surface area contributed by atoms with Crippen LogP contribution in [0.3, 0.4) is 0 Å². The van der Waals surface area contributed by atoms with Crippen LogP contribution >= 0.6 is 0 Å². The van der Waals surface area contributed by atoms with Crippen LogP contribution in [0, 0.1) is 28.1 Å². The van der Waals surface area contributed by atoms with Gasteiger partial charge in [0.2, 0.25) is 0 Å². The van der Waals surface area contributed by atoms with Gasteiger partial charge in [0.05, 0.1) is 61.2 Å². The molecule has 0 N–H and O–H groups in total. The van der Waals surface area contributed by atoms with Gasteiger partial charge in [0.25, 0.3) is 0 Å². The Morgan fingerprint density at radius 1 is 0.500 bits per heavy atom. The summed E-state index contributed by atoms with van der Waals surface area (Å²) in [5.41, 5.74) is 9.03. The van der Waals surface area contributed by atoms with Crippen molar-refractivity contribution in [1.29, 1.82) is 10.5 Å². The fourth-order valence-corrected chi connectivity index (χ4v) is 10.5. The number of hydrogen-bond donors (Lipinski definition) is 0. The van der Waals surface area contributed by atoms with Gasteiger partial charge in [-0.25, -0.2) is 0 Å². The molecule has 0 saturated carbocycles. The van der Waals surface area contributed by atoms with Crippen molar-refractivity contribution in [3.05, 3.63) is 223 Å². The minimum atomic E-state index is -0.451. The van der Waals surface area contributed by atoms with Gasteiger partial charge in [-0.1, -0.05) is 152 Å². The summed E-state index contributed by atoms with van der Waals surface area (Å²) in [6.07, 6.45) is 16.2. The molecular weight excluding hydrogens is 805 g/mol. The van der Waals surface area contributed by atoms with E-state index in [1.165, 1.54) is 0 Å². The molecule has 0 spiro atoms. The Bertz CT molecular complexity index is 4040. The van der Waals surface area contributed by atoms with E-state index in [0.717, 1.165) is 81.7 Å². The summed E-state index contributed by atoms with van der Waals surface area (Å²) < 4.78 is 8.82. The van der Waals surface area contributed by atoms with Crippen molar-refractivity contribution in [3.8, 4) is 34.9 Å². The maximum Gasteiger partial charge on any atom is 0.104 e. The fourth-order valence-electron chi connectivity index (χ4n) is 10.5. The van der Waals surface area contributed by atoms with Crippen LogP contribution in [-0.2, 0) is 0 Å². The summed E-state index contributed by atoms with van der Waals surface area (Å²) in [6.45, 7) is 10.4. The van der Waals surface area contributed by atoms with Gasteiger partial charge in [0, 0.05) is 43.4 Å². The predicted molar refractivity (Wildman–Crippen MR) is 273 cm³/mol. The third-order valence-corrected chi connectivity index (χ3v) is 13.4. The van der Waals surface area contributed by atoms with Crippen molar-refractivity contribution in [1.82, 2.24) is 18.3 Å². The van der Waals surface area contributed by atoms with Crippen LogP contribution in [0.25, 0.3) is 106 Å². The van der Waals surface area contributed by atoms with E-state index >= 15 is 0 Å². The highest BCUT2D eigenvalue weighted by Crippen LogP contribution is 2.47. The molecule has 1 aliphatic rings. The van der Waals surface area contributed by atoms with Crippen LogP contribution < -0.4 is 10.6 Å². The van der Waals surface area contributed by atoms with Crippen molar-refractivity contribution in [2.45, 2.75) is 6.92 Å². The van der Waals surface area contributed by atoms with Gasteiger partial charge in [-0.2, -0.15) is 10.5 Å². The Labute approximate surface area is 380 Å². The molecule has 6 nitrogen and oxygen atoms in total. The van der Waals surface area contributed by atoms with E-state index in [4.69, 9.17) is 0 Å². The number of para-hydroxylation sites is 6. The first-order valence-electron chi connectivity index (χ1n) is 22.1. The second-order valence-electron chi connectivity index (χ2n) is 17.1. The maximum absolute atomic E-state index is 12.4. The number of nitriles is 2. The van der Waals surface area contributed by atoms with Crippen LogP contribution in [0.5, 0.6) is 0 Å². The van der Waals surface area contributed by atoms with Crippen molar-refractivity contribution in [2.24, 2.45) is 5.41 Å². The lowest BCUT2D eigenvalue weighted by atomic mass is 9.90. The third kappa shape index (κ3) is 5.40. The van der Waals surface area contributed by atoms with Crippen LogP contribution in [0.4, 0.5) is 0 Å². The molecule has 66 heavy (non-hydrogen) atoms. The summed E-state index contributed by atoms with van der Waals surface area (Å²) in [5.74, 6) is 0. The highest BCUT2D eigenvalue weighted by Gasteiger charge is 2.34. The predicted octanol–water partition coefficient (Wildman–Crippen LogP) is 13.0. The minimum Gasteiger partial charge on any atom is -0.307 e. The standard InChI is InChI=1S/C60H40N6/c1-4-6-20-40-35-39-36-60(3,5-2)34-19-33-49(39)63(40)56-47(37-61)58(65-52-29-15-9-23-43(52)44-24-10-16-30-53(44)65)59(66-54-31-17-11-25-45(54)46-26-12-18-32-55(46)66)48(38-62)57(56)64-50-27-13-7-21-41(50)42-22-8-14-28-51(42)64/h4-36H,1-2H2,3H3/b20-6-. The summed E-state index contributed by atoms with van der Waals surface area (Å²) in [5, 5.41) is 32.8. The number of hydrogen-bond acceptors (Lipinski definition) is 2. The first-order chi connectivity index (χ1) is 32.5. The van der Waals surface area contributed by atoms with Crippen molar-refractivity contribution >= 4 is 83.6 Å². The molecule has 0 bridgehead atoms. The molecule has 7 aromatic carbocycles. The molecule has 4 heterocycles. The van der Waals surface area contributed by atoms with Crippen LogP contribution in [0.1, 0.15) is 23.7 Å². The van der Waals surface area contributed by atoms with Crippen LogP contribution in [-0.4, -0.2) is 18.3 Å². The normalized spacial score (nSPS) is 14.7. The molecule has 12 rings (SSSR count). The number of aromatic nitrogens is 4. The number of fused-ring (bicyclic) bond motifs is 10. The number of rotatable bonds is 7. The quantitative estimate of drug-likeness (QED) is 0.118. The van der Waals surface area contributed by atoms with E-state index in [0.29, 0.717) is 33.9 Å². The molecular formula is C60H40N6. The molecule has 310 valence electrons. The lowest BCUT2D eigenvalue weighted by molar-refractivity contribution is 0.769. The van der Waals surface area contributed by atoms with E-state index in [9.17, 15) is 10.5 Å². The maximum atomic E-state index is 12.4. The SMILES string of the molecule is C=C/C=C\c1cc2c(n1-c1c(C#N)c(-n3c4ccccc4c4ccccc43)c(-n3c4ccccc4c4ccccc43)c(C#N)c1-n1c3ccccc3c3ccccc31)=CC=CC(C)(C=C)C=2. The van der Waals surface area contributed by atoms with Crippen molar-refractivity contribution in [3.63, 3.8) is 0 Å². The van der Waals surface area contributed by atoms with Crippen molar-refractivity contribution < 1.29 is 0 Å². The van der Waals surface area contributed by atoms with Gasteiger partial charge in [-0.15, -0.1) is 6.58 Å². The van der Waals surface area contributed by atoms with Crippen LogP contribution in [0.15, 0.2) is 195 Å². The van der Waals surface area contributed by atoms with Crippen LogP contribution in [0.2, 0.25) is 0 Å². The molecule has 4 aromatic heterocycles. The molecule has 0 aliphatic heterocycles. The molecule has 0 saturated heterocycles. The molecule has 1 aliphatic carbocycles. The summed E-state index contributed by atoms with van der Waals surface area (Å²) >= 11 is 0. The van der Waals surface area contributed by atoms with Gasteiger partial charge < -0.3 is 18.3 Å². The summed E-state index contributed by atoms with van der Waals surface area (Å²) in [4.78, 5) is 0. The first kappa shape index (κ1) is 38.6. The van der Waals surface area contributed by atoms with Gasteiger partial charge in [0.15, 0.2) is 0 Å². The lowest BCUT2D eigenvalue weighted by Gasteiger charge is -2.27. The Hall–Kier alpha value is -9.10. The zero-order valence-corrected chi connectivity index (χ0v) is 36.2. The number of benzene rings is 7. The van der Waals surface area contributed by atoms with E-state index in [2.05, 4.69) is 190 Å². The highest BCUT2D eigenvalue weighted by molar-refractivity contribution is 6.14. The van der Waals surface area contributed by atoms with E-state index in [1.54, 1.807) is 6.08 Å². The van der Waals surface area contributed by atoms with E-state index in [1.807, 2.05) is 54.6 Å². The lowest BCUT2D eigenvalue weighted by Crippen LogP contribution is -2.31. The molecule has 6 heteroatoms. The zero-order valence-electron chi connectivity index (χ0n) is 36.2. The average Bonchev–Trinajstić information content (AvgIpc) is 4.05. The number of nitrogens with zero attached hydrogens (tertiary/aromatic N) is 6. The first-order valence-corrected chi connectivity index (χ1v) is 22.1. The van der Waals surface area contributed by atoms with E-state index in [-0.39, 0.29) is 0 Å². The second kappa shape index (κ2) is 14.7. The third-order valence-electron chi connectivity index (χ3n) is 13.4. The molecule has 0 fully saturated rings. The molecule has 11 aromatic rings. The Balaban J connectivity index is 1.44. The highest BCUT2D eigenvalue weighted by atomic mass is 15.1. The average molecular weight is 845 g/mol. The largest absolute Gasteiger partial charge is 0.307 e. The number of allylic oxidation sites excluding steroid dienone is 5. The Kier molecular flexibility index (Phi) is 8.61. The molecule has 1 unspecified atom stereocenters. The van der Waals surface area contributed by atoms with E-state index < -0.39 is 5.41 Å². The molecule has 0 radical (unpaired) electrons. The molecule has 0 amide bonds. The zero-order chi connectivity index (χ0) is 44.7. The van der Waals surface area contributed by atoms with Crippen molar-refractivity contribution in [2.75, 3.05) is 0 Å². The van der Waals surface area contributed by atoms with Gasteiger partial charge in [-0.05, 0) is 66.8 Å². The van der Waals surface area contributed by atoms with Gasteiger partial charge in [-0.3, -0.25) is 0 Å². The Morgan fingerprint density at radius 3 is 1.18 bits per heavy atom. The monoisotopic (exact) mass is 844 g/mol. The fraction of sp³-hybridized carbons (Fsp3) is 0.0333. The summed E-state index contributed by atoms with van der Waals surface area (Å²) in [7, 11) is 0. The smallest absolute Gasteiger partial charge is 0.104 e. The second-order valence-corrected chi connectivity index (χ2v) is 17.1. The topological polar surface area (TPSA) is 67.3 Å².